The fourth-order valence-corrected chi connectivity index (χ4v) is 6.37. The molecule has 3 aromatic rings. The first kappa shape index (κ1) is 23.3. The summed E-state index contributed by atoms with van der Waals surface area (Å²) in [6, 6.07) is 9.99. The fraction of sp³-hybridized carbons (Fsp3) is 0.364. The van der Waals surface area contributed by atoms with Crippen molar-refractivity contribution in [3.8, 4) is 0 Å². The molecule has 32 heavy (non-hydrogen) atoms. The number of anilines is 1. The maximum Gasteiger partial charge on any atom is 0.222 e. The molecular weight excluding hydrogens is 489 g/mol. The Hall–Kier alpha value is -1.87. The zero-order valence-corrected chi connectivity index (χ0v) is 20.7. The number of carbonyl (C=O) groups is 1. The number of fused-ring (bicyclic) bond motifs is 1. The van der Waals surface area contributed by atoms with Gasteiger partial charge in [-0.05, 0) is 55.3 Å². The minimum Gasteiger partial charge on any atom is -0.345 e. The van der Waals surface area contributed by atoms with E-state index in [0.717, 1.165) is 20.9 Å². The summed E-state index contributed by atoms with van der Waals surface area (Å²) in [5.41, 5.74) is 1.91. The fourth-order valence-electron chi connectivity index (χ4n) is 3.70. The van der Waals surface area contributed by atoms with Crippen molar-refractivity contribution in [3.63, 3.8) is 0 Å². The highest BCUT2D eigenvalue weighted by Gasteiger charge is 2.24. The van der Waals surface area contributed by atoms with Gasteiger partial charge in [0.15, 0.2) is 15.0 Å². The van der Waals surface area contributed by atoms with Gasteiger partial charge in [-0.2, -0.15) is 0 Å². The minimum absolute atomic E-state index is 0.0112. The number of hydrogen-bond donors (Lipinski definition) is 0. The van der Waals surface area contributed by atoms with E-state index in [4.69, 9.17) is 28.2 Å². The van der Waals surface area contributed by atoms with E-state index in [-0.39, 0.29) is 23.0 Å². The SMILES string of the molecule is Cc1c(Cl)ccc2sc(N3CCN(C(=O)CCCS(=O)(=O)c4ccc(Cl)cc4)CC3)nc12. The van der Waals surface area contributed by atoms with Crippen LogP contribution in [0.15, 0.2) is 41.3 Å². The molecule has 0 unspecified atom stereocenters. The van der Waals surface area contributed by atoms with Gasteiger partial charge in [-0.25, -0.2) is 13.4 Å². The average Bonchev–Trinajstić information content (AvgIpc) is 3.22. The first-order valence-corrected chi connectivity index (χ1v) is 13.5. The molecule has 1 fully saturated rings. The smallest absolute Gasteiger partial charge is 0.222 e. The van der Waals surface area contributed by atoms with Gasteiger partial charge in [0.1, 0.15) is 0 Å². The van der Waals surface area contributed by atoms with Gasteiger partial charge in [0, 0.05) is 42.6 Å². The molecule has 1 aliphatic heterocycles. The number of carbonyl (C=O) groups excluding carboxylic acids is 1. The van der Waals surface area contributed by atoms with Gasteiger partial charge < -0.3 is 9.80 Å². The first-order valence-electron chi connectivity index (χ1n) is 10.3. The summed E-state index contributed by atoms with van der Waals surface area (Å²) < 4.78 is 26.0. The van der Waals surface area contributed by atoms with Crippen LogP contribution in [0.3, 0.4) is 0 Å². The molecule has 0 radical (unpaired) electrons. The Labute approximate surface area is 201 Å². The van der Waals surface area contributed by atoms with Gasteiger partial charge in [-0.1, -0.05) is 34.5 Å². The van der Waals surface area contributed by atoms with E-state index < -0.39 is 9.84 Å². The topological polar surface area (TPSA) is 70.6 Å². The van der Waals surface area contributed by atoms with Crippen molar-refractivity contribution < 1.29 is 13.2 Å². The van der Waals surface area contributed by atoms with E-state index in [9.17, 15) is 13.2 Å². The Balaban J connectivity index is 1.29. The maximum atomic E-state index is 12.6. The second-order valence-corrected chi connectivity index (χ2v) is 11.7. The highest BCUT2D eigenvalue weighted by atomic mass is 35.5. The van der Waals surface area contributed by atoms with E-state index in [0.29, 0.717) is 42.6 Å². The Morgan fingerprint density at radius 2 is 1.75 bits per heavy atom. The number of thiazole rings is 1. The molecule has 0 N–H and O–H groups in total. The Kier molecular flexibility index (Phi) is 6.95. The van der Waals surface area contributed by atoms with Gasteiger partial charge in [0.25, 0.3) is 0 Å². The van der Waals surface area contributed by atoms with Crippen LogP contribution in [-0.2, 0) is 14.6 Å². The summed E-state index contributed by atoms with van der Waals surface area (Å²) in [6.45, 7) is 4.55. The number of sulfone groups is 1. The molecule has 1 amide bonds. The summed E-state index contributed by atoms with van der Waals surface area (Å²) >= 11 is 13.7. The Bertz CT molecular complexity index is 1240. The van der Waals surface area contributed by atoms with Crippen molar-refractivity contribution in [2.24, 2.45) is 0 Å². The first-order chi connectivity index (χ1) is 15.2. The molecule has 0 spiro atoms. The number of nitrogens with zero attached hydrogens (tertiary/aromatic N) is 3. The summed E-state index contributed by atoms with van der Waals surface area (Å²) in [6.07, 6.45) is 0.508. The summed E-state index contributed by atoms with van der Waals surface area (Å²) in [5.74, 6) is -0.0728. The Morgan fingerprint density at radius 1 is 1.06 bits per heavy atom. The third-order valence-electron chi connectivity index (χ3n) is 5.62. The van der Waals surface area contributed by atoms with Crippen molar-refractivity contribution in [3.05, 3.63) is 52.0 Å². The standard InChI is InChI=1S/C22H23Cl2N3O3S2/c1-15-18(24)8-9-19-21(15)25-22(31-19)27-12-10-26(11-13-27)20(28)3-2-14-32(29,30)17-6-4-16(23)5-7-17/h4-9H,2-3,10-14H2,1H3. The number of halogens is 2. The largest absolute Gasteiger partial charge is 0.345 e. The number of hydrogen-bond acceptors (Lipinski definition) is 6. The molecule has 0 aliphatic carbocycles. The second kappa shape index (κ2) is 9.55. The van der Waals surface area contributed by atoms with Crippen LogP contribution in [0, 0.1) is 6.92 Å². The summed E-state index contributed by atoms with van der Waals surface area (Å²) in [5, 5.41) is 2.14. The van der Waals surface area contributed by atoms with Crippen LogP contribution < -0.4 is 4.90 Å². The minimum atomic E-state index is -3.42. The number of amides is 1. The maximum absolute atomic E-state index is 12.6. The predicted molar refractivity (Wildman–Crippen MR) is 131 cm³/mol. The number of benzene rings is 2. The van der Waals surface area contributed by atoms with Gasteiger partial charge in [0.05, 0.1) is 20.9 Å². The predicted octanol–water partition coefficient (Wildman–Crippen LogP) is 4.81. The second-order valence-electron chi connectivity index (χ2n) is 7.76. The highest BCUT2D eigenvalue weighted by Crippen LogP contribution is 2.33. The van der Waals surface area contributed by atoms with Crippen molar-refractivity contribution in [2.45, 2.75) is 24.7 Å². The zero-order valence-electron chi connectivity index (χ0n) is 17.6. The van der Waals surface area contributed by atoms with Crippen molar-refractivity contribution in [2.75, 3.05) is 36.8 Å². The van der Waals surface area contributed by atoms with Crippen molar-refractivity contribution in [1.29, 1.82) is 0 Å². The van der Waals surface area contributed by atoms with E-state index >= 15 is 0 Å². The van der Waals surface area contributed by atoms with Crippen molar-refractivity contribution >= 4 is 65.6 Å². The monoisotopic (exact) mass is 511 g/mol. The molecule has 10 heteroatoms. The molecule has 170 valence electrons. The molecule has 6 nitrogen and oxygen atoms in total. The molecule has 1 aliphatic rings. The molecule has 1 saturated heterocycles. The van der Waals surface area contributed by atoms with E-state index in [2.05, 4.69) is 4.90 Å². The molecule has 1 aromatic heterocycles. The van der Waals surface area contributed by atoms with Crippen LogP contribution in [-0.4, -0.2) is 56.1 Å². The molecule has 2 heterocycles. The van der Waals surface area contributed by atoms with Crippen LogP contribution >= 0.6 is 34.5 Å². The van der Waals surface area contributed by atoms with Gasteiger partial charge in [0.2, 0.25) is 5.91 Å². The molecule has 0 bridgehead atoms. The lowest BCUT2D eigenvalue weighted by Gasteiger charge is -2.34. The number of aromatic nitrogens is 1. The third-order valence-corrected chi connectivity index (χ3v) is 9.18. The normalized spacial score (nSPS) is 14.8. The van der Waals surface area contributed by atoms with E-state index in [1.807, 2.05) is 19.1 Å². The zero-order chi connectivity index (χ0) is 22.9. The highest BCUT2D eigenvalue weighted by molar-refractivity contribution is 7.91. The van der Waals surface area contributed by atoms with Crippen LogP contribution in [0.1, 0.15) is 18.4 Å². The lowest BCUT2D eigenvalue weighted by Crippen LogP contribution is -2.48. The number of rotatable bonds is 6. The lowest BCUT2D eigenvalue weighted by molar-refractivity contribution is -0.131. The van der Waals surface area contributed by atoms with Gasteiger partial charge in [-0.3, -0.25) is 4.79 Å². The number of aryl methyl sites for hydroxylation is 1. The van der Waals surface area contributed by atoms with Crippen LogP contribution in [0.25, 0.3) is 10.2 Å². The van der Waals surface area contributed by atoms with Crippen LogP contribution in [0.2, 0.25) is 10.0 Å². The van der Waals surface area contributed by atoms with Crippen LogP contribution in [0.4, 0.5) is 5.13 Å². The van der Waals surface area contributed by atoms with Crippen molar-refractivity contribution in [1.82, 2.24) is 9.88 Å². The summed E-state index contributed by atoms with van der Waals surface area (Å²) in [4.78, 5) is 21.6. The molecule has 0 atom stereocenters. The van der Waals surface area contributed by atoms with Gasteiger partial charge >= 0.3 is 0 Å². The molecule has 4 rings (SSSR count). The number of piperazine rings is 1. The summed E-state index contributed by atoms with van der Waals surface area (Å²) in [7, 11) is -3.42. The quantitative estimate of drug-likeness (QED) is 0.474. The molecule has 2 aromatic carbocycles. The van der Waals surface area contributed by atoms with Gasteiger partial charge in [-0.15, -0.1) is 0 Å². The molecule has 0 saturated carbocycles. The van der Waals surface area contributed by atoms with E-state index in [1.54, 1.807) is 28.4 Å². The average molecular weight is 512 g/mol. The molecular formula is C22H23Cl2N3O3S2. The Morgan fingerprint density at radius 3 is 2.44 bits per heavy atom. The van der Waals surface area contributed by atoms with E-state index in [1.165, 1.54) is 12.1 Å². The lowest BCUT2D eigenvalue weighted by atomic mass is 10.2. The van der Waals surface area contributed by atoms with Crippen LogP contribution in [0.5, 0.6) is 0 Å². The third kappa shape index (κ3) is 5.03.